The van der Waals surface area contributed by atoms with Crippen molar-refractivity contribution in [2.45, 2.75) is 6.55 Å². The van der Waals surface area contributed by atoms with E-state index in [4.69, 9.17) is 0 Å². The highest BCUT2D eigenvalue weighted by Gasteiger charge is 1.77. The van der Waals surface area contributed by atoms with Crippen LogP contribution in [0.4, 0.5) is 4.39 Å². The molecule has 0 spiro atoms. The summed E-state index contributed by atoms with van der Waals surface area (Å²) in [6.07, 6.45) is 0. The lowest BCUT2D eigenvalue weighted by molar-refractivity contribution is 0.628. The zero-order chi connectivity index (χ0) is 7.11. The highest BCUT2D eigenvalue weighted by molar-refractivity contribution is 6.05. The first-order valence-corrected chi connectivity index (χ1v) is 5.10. The summed E-state index contributed by atoms with van der Waals surface area (Å²) in [7, 11) is 1.31. The van der Waals surface area contributed by atoms with E-state index in [-0.39, 0.29) is 5.82 Å². The summed E-state index contributed by atoms with van der Waals surface area (Å²) in [5.41, 5.74) is 0. The van der Waals surface area contributed by atoms with Gasteiger partial charge in [-0.2, -0.15) is 0 Å². The fourth-order valence-corrected chi connectivity index (χ4v) is 0.415. The second-order valence-corrected chi connectivity index (χ2v) is 1.30. The molecule has 0 bridgehead atoms. The molecule has 0 unspecified atom stereocenters. The Hall–Kier alpha value is -0.633. The minimum atomic E-state index is -0.178. The SMILES string of the molecule is C[SiH3].Fc1ccccc1. The Balaban J connectivity index is 0.000000291. The van der Waals surface area contributed by atoms with Gasteiger partial charge in [-0.05, 0) is 22.4 Å². The molecule has 0 heterocycles. The van der Waals surface area contributed by atoms with E-state index in [1.54, 1.807) is 18.2 Å². The fourth-order valence-electron chi connectivity index (χ4n) is 0.415. The molecule has 9 heavy (non-hydrogen) atoms. The summed E-state index contributed by atoms with van der Waals surface area (Å²) in [5.74, 6) is -0.178. The van der Waals surface area contributed by atoms with Crippen molar-refractivity contribution in [3.05, 3.63) is 36.1 Å². The van der Waals surface area contributed by atoms with Crippen molar-refractivity contribution in [2.75, 3.05) is 0 Å². The van der Waals surface area contributed by atoms with Gasteiger partial charge in [0.15, 0.2) is 0 Å². The second-order valence-electron chi connectivity index (χ2n) is 1.30. The second kappa shape index (κ2) is 5.50. The van der Waals surface area contributed by atoms with Crippen LogP contribution >= 0.6 is 0 Å². The van der Waals surface area contributed by atoms with Gasteiger partial charge in [-0.15, -0.1) is 0 Å². The van der Waals surface area contributed by atoms with Gasteiger partial charge >= 0.3 is 0 Å². The summed E-state index contributed by atoms with van der Waals surface area (Å²) < 4.78 is 11.9. The zero-order valence-corrected chi connectivity index (χ0v) is 7.76. The van der Waals surface area contributed by atoms with Crippen LogP contribution in [0.15, 0.2) is 30.3 Å². The summed E-state index contributed by atoms with van der Waals surface area (Å²) >= 11 is 0. The maximum atomic E-state index is 11.9. The first-order valence-electron chi connectivity index (χ1n) is 3.10. The Bertz CT molecular complexity index is 139. The van der Waals surface area contributed by atoms with Crippen molar-refractivity contribution < 1.29 is 4.39 Å². The molecule has 0 fully saturated rings. The Morgan fingerprint density at radius 2 is 1.56 bits per heavy atom. The van der Waals surface area contributed by atoms with Crippen molar-refractivity contribution >= 4 is 10.2 Å². The molecule has 0 N–H and O–H groups in total. The van der Waals surface area contributed by atoms with Crippen molar-refractivity contribution in [3.8, 4) is 0 Å². The molecule has 0 aromatic heterocycles. The normalized spacial score (nSPS) is 7.78. The quantitative estimate of drug-likeness (QED) is 0.478. The van der Waals surface area contributed by atoms with E-state index in [1.165, 1.54) is 22.4 Å². The van der Waals surface area contributed by atoms with Gasteiger partial charge in [0.05, 0.1) is 0 Å². The van der Waals surface area contributed by atoms with Crippen LogP contribution in [0.3, 0.4) is 0 Å². The first-order chi connectivity index (χ1) is 4.39. The van der Waals surface area contributed by atoms with Crippen LogP contribution in [0.5, 0.6) is 0 Å². The lowest BCUT2D eigenvalue weighted by atomic mass is 10.4. The molecule has 1 aromatic carbocycles. The van der Waals surface area contributed by atoms with Gasteiger partial charge < -0.3 is 0 Å². The summed E-state index contributed by atoms with van der Waals surface area (Å²) in [5, 5.41) is 0. The van der Waals surface area contributed by atoms with E-state index in [9.17, 15) is 4.39 Å². The number of benzene rings is 1. The lowest BCUT2D eigenvalue weighted by Gasteiger charge is -1.78. The molecule has 0 nitrogen and oxygen atoms in total. The van der Waals surface area contributed by atoms with E-state index in [0.29, 0.717) is 0 Å². The van der Waals surface area contributed by atoms with Crippen LogP contribution < -0.4 is 0 Å². The van der Waals surface area contributed by atoms with Crippen LogP contribution in [0.1, 0.15) is 0 Å². The maximum absolute atomic E-state index is 11.9. The fraction of sp³-hybridized carbons (Fsp3) is 0.143. The smallest absolute Gasteiger partial charge is 0.123 e. The maximum Gasteiger partial charge on any atom is 0.123 e. The van der Waals surface area contributed by atoms with Gasteiger partial charge in [0, 0.05) is 0 Å². The van der Waals surface area contributed by atoms with Crippen LogP contribution in [-0.2, 0) is 0 Å². The van der Waals surface area contributed by atoms with Gasteiger partial charge in [0.25, 0.3) is 0 Å². The molecule has 2 heteroatoms. The molecule has 0 saturated heterocycles. The van der Waals surface area contributed by atoms with E-state index >= 15 is 0 Å². The van der Waals surface area contributed by atoms with Crippen molar-refractivity contribution in [3.63, 3.8) is 0 Å². The van der Waals surface area contributed by atoms with Gasteiger partial charge in [-0.3, -0.25) is 0 Å². The lowest BCUT2D eigenvalue weighted by Crippen LogP contribution is -1.63. The van der Waals surface area contributed by atoms with Crippen LogP contribution in [0.2, 0.25) is 6.55 Å². The number of hydrogen-bond donors (Lipinski definition) is 0. The largest absolute Gasteiger partial charge is 0.207 e. The molecule has 1 aromatic rings. The Morgan fingerprint density at radius 3 is 1.78 bits per heavy atom. The summed E-state index contributed by atoms with van der Waals surface area (Å²) in [6, 6.07) is 7.94. The molecule has 0 atom stereocenters. The highest BCUT2D eigenvalue weighted by Crippen LogP contribution is 1.91. The highest BCUT2D eigenvalue weighted by atomic mass is 28.1. The summed E-state index contributed by atoms with van der Waals surface area (Å²) in [6.45, 7) is 2.14. The van der Waals surface area contributed by atoms with Crippen LogP contribution in [-0.4, -0.2) is 10.2 Å². The van der Waals surface area contributed by atoms with Crippen molar-refractivity contribution in [1.29, 1.82) is 0 Å². The van der Waals surface area contributed by atoms with Gasteiger partial charge in [-0.25, -0.2) is 4.39 Å². The monoisotopic (exact) mass is 142 g/mol. The molecule has 0 saturated carbocycles. The molecule has 0 aliphatic heterocycles. The van der Waals surface area contributed by atoms with Crippen molar-refractivity contribution in [2.24, 2.45) is 0 Å². The minimum absolute atomic E-state index is 0.178. The number of rotatable bonds is 0. The van der Waals surface area contributed by atoms with E-state index < -0.39 is 0 Å². The van der Waals surface area contributed by atoms with Gasteiger partial charge in [0.2, 0.25) is 0 Å². The van der Waals surface area contributed by atoms with Gasteiger partial charge in [0.1, 0.15) is 5.82 Å². The predicted octanol–water partition coefficient (Wildman–Crippen LogP) is 1.23. The summed E-state index contributed by atoms with van der Waals surface area (Å²) in [4.78, 5) is 0. The van der Waals surface area contributed by atoms with Crippen LogP contribution in [0, 0.1) is 5.82 Å². The average Bonchev–Trinajstić information content (AvgIpc) is 1.94. The molecule has 50 valence electrons. The van der Waals surface area contributed by atoms with E-state index in [2.05, 4.69) is 6.55 Å². The molecule has 0 aliphatic carbocycles. The molecular formula is C7H11FSi. The topological polar surface area (TPSA) is 0 Å². The Kier molecular flexibility index (Phi) is 5.12. The van der Waals surface area contributed by atoms with E-state index in [0.717, 1.165) is 0 Å². The zero-order valence-electron chi connectivity index (χ0n) is 5.76. The van der Waals surface area contributed by atoms with Crippen molar-refractivity contribution in [1.82, 2.24) is 0 Å². The molecule has 0 amide bonds. The number of halogens is 1. The molecular weight excluding hydrogens is 131 g/mol. The average molecular weight is 142 g/mol. The third-order valence-electron chi connectivity index (χ3n) is 0.733. The Morgan fingerprint density at radius 1 is 1.11 bits per heavy atom. The molecule has 0 radical (unpaired) electrons. The molecule has 0 aliphatic rings. The minimum Gasteiger partial charge on any atom is -0.207 e. The van der Waals surface area contributed by atoms with Crippen LogP contribution in [0.25, 0.3) is 0 Å². The van der Waals surface area contributed by atoms with Gasteiger partial charge in [-0.1, -0.05) is 24.7 Å². The third-order valence-corrected chi connectivity index (χ3v) is 0.733. The van der Waals surface area contributed by atoms with E-state index in [1.807, 2.05) is 0 Å². The Labute approximate surface area is 58.1 Å². The molecule has 1 rings (SSSR count). The first kappa shape index (κ1) is 8.37. The third kappa shape index (κ3) is 3.91. The standard InChI is InChI=1S/C6H5F.CH6Si/c7-6-4-2-1-3-5-6;1-2/h1-5H;1-2H3. The predicted molar refractivity (Wildman–Crippen MR) is 42.2 cm³/mol. The number of hydrogen-bond acceptors (Lipinski definition) is 0.